The summed E-state index contributed by atoms with van der Waals surface area (Å²) < 4.78 is 41.5. The fourth-order valence-electron chi connectivity index (χ4n) is 2.89. The molecule has 0 aliphatic carbocycles. The SMILES string of the molecule is Cn1cnc(S(=O)(=O)N2CCOC(COc3ccc(-n4cncn4)cc3)C2)c1. The van der Waals surface area contributed by atoms with Gasteiger partial charge in [0.2, 0.25) is 0 Å². The molecule has 0 N–H and O–H groups in total. The minimum atomic E-state index is -3.64. The molecule has 11 heteroatoms. The van der Waals surface area contributed by atoms with E-state index in [1.165, 1.54) is 23.2 Å². The molecule has 2 aromatic heterocycles. The lowest BCUT2D eigenvalue weighted by atomic mass is 10.3. The van der Waals surface area contributed by atoms with Crippen molar-refractivity contribution < 1.29 is 17.9 Å². The quantitative estimate of drug-likeness (QED) is 0.588. The summed E-state index contributed by atoms with van der Waals surface area (Å²) in [7, 11) is -1.91. The number of aryl methyl sites for hydroxylation is 1. The molecule has 10 nitrogen and oxygen atoms in total. The standard InChI is InChI=1S/C17H20N6O4S/c1-21-9-17(19-13-21)28(24,25)22-6-7-26-16(8-22)10-27-15-4-2-14(3-5-15)23-12-18-11-20-23/h2-5,9,11-13,16H,6-8,10H2,1H3. The average molecular weight is 404 g/mol. The van der Waals surface area contributed by atoms with E-state index in [4.69, 9.17) is 9.47 Å². The van der Waals surface area contributed by atoms with Crippen LogP contribution < -0.4 is 4.74 Å². The van der Waals surface area contributed by atoms with E-state index in [0.29, 0.717) is 18.9 Å². The highest BCUT2D eigenvalue weighted by Crippen LogP contribution is 2.19. The van der Waals surface area contributed by atoms with Crippen molar-refractivity contribution in [3.05, 3.63) is 49.4 Å². The molecule has 3 aromatic rings. The minimum Gasteiger partial charge on any atom is -0.491 e. The summed E-state index contributed by atoms with van der Waals surface area (Å²) in [5.41, 5.74) is 0.867. The molecule has 4 rings (SSSR count). The third-order valence-corrected chi connectivity index (χ3v) is 6.09. The topological polar surface area (TPSA) is 104 Å². The Labute approximate surface area is 162 Å². The first kappa shape index (κ1) is 18.6. The average Bonchev–Trinajstić information content (AvgIpc) is 3.39. The van der Waals surface area contributed by atoms with E-state index in [0.717, 1.165) is 5.69 Å². The van der Waals surface area contributed by atoms with Gasteiger partial charge < -0.3 is 14.0 Å². The van der Waals surface area contributed by atoms with Gasteiger partial charge in [-0.2, -0.15) is 9.40 Å². The number of benzene rings is 1. The number of sulfonamides is 1. The lowest BCUT2D eigenvalue weighted by molar-refractivity contribution is -0.0250. The Hall–Kier alpha value is -2.76. The lowest BCUT2D eigenvalue weighted by Gasteiger charge is -2.31. The summed E-state index contributed by atoms with van der Waals surface area (Å²) in [6.07, 6.45) is 5.68. The zero-order valence-corrected chi connectivity index (χ0v) is 16.1. The van der Waals surface area contributed by atoms with Crippen LogP contribution in [0.1, 0.15) is 0 Å². The fraction of sp³-hybridized carbons (Fsp3) is 0.353. The van der Waals surface area contributed by atoms with Gasteiger partial charge in [-0.3, -0.25) is 0 Å². The van der Waals surface area contributed by atoms with Gasteiger partial charge in [0, 0.05) is 26.3 Å². The van der Waals surface area contributed by atoms with Gasteiger partial charge in [0.1, 0.15) is 31.1 Å². The van der Waals surface area contributed by atoms with E-state index >= 15 is 0 Å². The van der Waals surface area contributed by atoms with Crippen LogP contribution in [0.5, 0.6) is 5.75 Å². The summed E-state index contributed by atoms with van der Waals surface area (Å²) in [6.45, 7) is 1.07. The first-order chi connectivity index (χ1) is 13.5. The summed E-state index contributed by atoms with van der Waals surface area (Å²) in [4.78, 5) is 7.87. The third kappa shape index (κ3) is 3.91. The molecule has 0 spiro atoms. The molecular weight excluding hydrogens is 384 g/mol. The smallest absolute Gasteiger partial charge is 0.262 e. The number of imidazole rings is 1. The van der Waals surface area contributed by atoms with Crippen molar-refractivity contribution in [2.24, 2.45) is 7.05 Å². The maximum atomic E-state index is 12.7. The van der Waals surface area contributed by atoms with Crippen LogP contribution >= 0.6 is 0 Å². The Morgan fingerprint density at radius 1 is 1.25 bits per heavy atom. The van der Waals surface area contributed by atoms with Crippen molar-refractivity contribution in [1.29, 1.82) is 0 Å². The fourth-order valence-corrected chi connectivity index (χ4v) is 4.31. The van der Waals surface area contributed by atoms with E-state index in [2.05, 4.69) is 15.1 Å². The minimum absolute atomic E-state index is 0.0419. The Kier molecular flexibility index (Phi) is 5.11. The molecule has 1 unspecified atom stereocenters. The van der Waals surface area contributed by atoms with Crippen molar-refractivity contribution in [3.63, 3.8) is 0 Å². The predicted molar refractivity (Wildman–Crippen MR) is 98.6 cm³/mol. The monoisotopic (exact) mass is 404 g/mol. The van der Waals surface area contributed by atoms with Crippen LogP contribution in [0.3, 0.4) is 0 Å². The predicted octanol–water partition coefficient (Wildman–Crippen LogP) is 0.469. The second-order valence-electron chi connectivity index (χ2n) is 6.38. The van der Waals surface area contributed by atoms with E-state index in [9.17, 15) is 8.42 Å². The highest BCUT2D eigenvalue weighted by Gasteiger charge is 2.32. The number of morpholine rings is 1. The van der Waals surface area contributed by atoms with Gasteiger partial charge in [-0.1, -0.05) is 0 Å². The van der Waals surface area contributed by atoms with Gasteiger partial charge in [0.25, 0.3) is 10.0 Å². The van der Waals surface area contributed by atoms with Crippen LogP contribution in [0.25, 0.3) is 5.69 Å². The first-order valence-electron chi connectivity index (χ1n) is 8.70. The molecule has 0 amide bonds. The number of rotatable bonds is 6. The van der Waals surface area contributed by atoms with Crippen LogP contribution in [0.2, 0.25) is 0 Å². The van der Waals surface area contributed by atoms with Crippen molar-refractivity contribution in [3.8, 4) is 11.4 Å². The number of ether oxygens (including phenoxy) is 2. The molecule has 0 radical (unpaired) electrons. The molecule has 1 fully saturated rings. The van der Waals surface area contributed by atoms with Gasteiger partial charge in [-0.05, 0) is 24.3 Å². The molecule has 1 atom stereocenters. The van der Waals surface area contributed by atoms with E-state index in [1.807, 2.05) is 24.3 Å². The van der Waals surface area contributed by atoms with Gasteiger partial charge in [-0.15, -0.1) is 0 Å². The normalized spacial score (nSPS) is 18.2. The maximum absolute atomic E-state index is 12.7. The molecule has 0 saturated carbocycles. The number of hydrogen-bond acceptors (Lipinski definition) is 7. The molecule has 3 heterocycles. The molecule has 1 aliphatic rings. The Balaban J connectivity index is 1.36. The Morgan fingerprint density at radius 3 is 2.75 bits per heavy atom. The van der Waals surface area contributed by atoms with Crippen molar-refractivity contribution in [1.82, 2.24) is 28.6 Å². The molecule has 1 aromatic carbocycles. The van der Waals surface area contributed by atoms with Crippen LogP contribution in [-0.2, 0) is 21.8 Å². The van der Waals surface area contributed by atoms with Gasteiger partial charge >= 0.3 is 0 Å². The van der Waals surface area contributed by atoms with Crippen molar-refractivity contribution in [2.45, 2.75) is 11.1 Å². The Bertz CT molecular complexity index is 1020. The number of hydrogen-bond donors (Lipinski definition) is 0. The van der Waals surface area contributed by atoms with E-state index in [1.54, 1.807) is 22.6 Å². The van der Waals surface area contributed by atoms with Gasteiger partial charge in [0.15, 0.2) is 5.03 Å². The second-order valence-corrected chi connectivity index (χ2v) is 8.26. The first-order valence-corrected chi connectivity index (χ1v) is 10.1. The Morgan fingerprint density at radius 2 is 2.07 bits per heavy atom. The molecule has 1 saturated heterocycles. The van der Waals surface area contributed by atoms with Gasteiger partial charge in [-0.25, -0.2) is 23.1 Å². The van der Waals surface area contributed by atoms with Crippen LogP contribution in [-0.4, -0.2) is 69.4 Å². The summed E-state index contributed by atoms with van der Waals surface area (Å²) in [5.74, 6) is 0.664. The zero-order chi connectivity index (χ0) is 19.6. The molecule has 1 aliphatic heterocycles. The largest absolute Gasteiger partial charge is 0.491 e. The highest BCUT2D eigenvalue weighted by atomic mass is 32.2. The van der Waals surface area contributed by atoms with Crippen molar-refractivity contribution >= 4 is 10.0 Å². The third-order valence-electron chi connectivity index (χ3n) is 4.34. The molecule has 148 valence electrons. The lowest BCUT2D eigenvalue weighted by Crippen LogP contribution is -2.47. The molecule has 28 heavy (non-hydrogen) atoms. The maximum Gasteiger partial charge on any atom is 0.262 e. The van der Waals surface area contributed by atoms with E-state index in [-0.39, 0.29) is 24.3 Å². The van der Waals surface area contributed by atoms with E-state index < -0.39 is 10.0 Å². The van der Waals surface area contributed by atoms with Crippen molar-refractivity contribution in [2.75, 3.05) is 26.3 Å². The van der Waals surface area contributed by atoms with Gasteiger partial charge in [0.05, 0.1) is 18.6 Å². The number of nitrogens with zero attached hydrogens (tertiary/aromatic N) is 6. The van der Waals surface area contributed by atoms with Crippen LogP contribution in [0.4, 0.5) is 0 Å². The summed E-state index contributed by atoms with van der Waals surface area (Å²) >= 11 is 0. The summed E-state index contributed by atoms with van der Waals surface area (Å²) in [6, 6.07) is 7.37. The summed E-state index contributed by atoms with van der Waals surface area (Å²) in [5, 5.41) is 4.11. The second kappa shape index (κ2) is 7.70. The van der Waals surface area contributed by atoms with Crippen LogP contribution in [0, 0.1) is 0 Å². The number of aromatic nitrogens is 5. The highest BCUT2D eigenvalue weighted by molar-refractivity contribution is 7.89. The zero-order valence-electron chi connectivity index (χ0n) is 15.2. The molecular formula is C17H20N6O4S. The van der Waals surface area contributed by atoms with Crippen LogP contribution in [0.15, 0.2) is 54.5 Å². The molecule has 0 bridgehead atoms.